The lowest BCUT2D eigenvalue weighted by Gasteiger charge is -2.36. The molecule has 0 saturated carbocycles. The molecule has 2 N–H and O–H groups in total. The summed E-state index contributed by atoms with van der Waals surface area (Å²) in [5, 5.41) is 18.6. The maximum atomic E-state index is 9.27. The van der Waals surface area contributed by atoms with Crippen molar-refractivity contribution in [3.05, 3.63) is 0 Å². The standard InChI is InChI=1S/C9H18O3S2/c10-5-7-6(8(14)3-4-13)1-2-9(11)12-7/h6-11,13-14H,1-5H2/t6?,7-,8?,9?/m0/s1. The van der Waals surface area contributed by atoms with Gasteiger partial charge in [0.1, 0.15) is 0 Å². The second-order valence-electron chi connectivity index (χ2n) is 3.63. The third kappa shape index (κ3) is 3.31. The van der Waals surface area contributed by atoms with Crippen LogP contribution in [0.4, 0.5) is 0 Å². The highest BCUT2D eigenvalue weighted by Crippen LogP contribution is 2.30. The van der Waals surface area contributed by atoms with E-state index in [9.17, 15) is 5.11 Å². The van der Waals surface area contributed by atoms with Crippen molar-refractivity contribution >= 4 is 25.3 Å². The second-order valence-corrected chi connectivity index (χ2v) is 4.74. The van der Waals surface area contributed by atoms with E-state index in [1.807, 2.05) is 0 Å². The van der Waals surface area contributed by atoms with Crippen molar-refractivity contribution in [1.29, 1.82) is 0 Å². The molecule has 0 aliphatic carbocycles. The van der Waals surface area contributed by atoms with Crippen molar-refractivity contribution in [2.75, 3.05) is 12.4 Å². The van der Waals surface area contributed by atoms with Gasteiger partial charge >= 0.3 is 0 Å². The minimum Gasteiger partial charge on any atom is -0.394 e. The Morgan fingerprint density at radius 1 is 1.43 bits per heavy atom. The molecule has 1 aliphatic rings. The normalized spacial score (nSPS) is 35.6. The fourth-order valence-corrected chi connectivity index (χ4v) is 2.81. The van der Waals surface area contributed by atoms with Crippen LogP contribution in [0.5, 0.6) is 0 Å². The third-order valence-electron chi connectivity index (χ3n) is 2.66. The molecule has 84 valence electrons. The molecule has 0 bridgehead atoms. The molecule has 0 aromatic heterocycles. The highest BCUT2D eigenvalue weighted by atomic mass is 32.1. The summed E-state index contributed by atoms with van der Waals surface area (Å²) in [4.78, 5) is 0. The first-order chi connectivity index (χ1) is 6.69. The molecule has 0 amide bonds. The van der Waals surface area contributed by atoms with E-state index in [-0.39, 0.29) is 23.9 Å². The van der Waals surface area contributed by atoms with Gasteiger partial charge in [-0.25, -0.2) is 0 Å². The van der Waals surface area contributed by atoms with Crippen molar-refractivity contribution in [1.82, 2.24) is 0 Å². The molecule has 0 radical (unpaired) electrons. The third-order valence-corrected chi connectivity index (χ3v) is 3.55. The van der Waals surface area contributed by atoms with Crippen LogP contribution in [-0.4, -0.2) is 40.2 Å². The number of rotatable bonds is 4. The molecule has 14 heavy (non-hydrogen) atoms. The molecule has 1 aliphatic heterocycles. The van der Waals surface area contributed by atoms with Crippen LogP contribution < -0.4 is 0 Å². The van der Waals surface area contributed by atoms with Gasteiger partial charge in [0.25, 0.3) is 0 Å². The average molecular weight is 238 g/mol. The summed E-state index contributed by atoms with van der Waals surface area (Å²) >= 11 is 8.63. The quantitative estimate of drug-likeness (QED) is 0.546. The first kappa shape index (κ1) is 12.6. The zero-order chi connectivity index (χ0) is 10.6. The minimum atomic E-state index is -0.722. The molecule has 1 fully saturated rings. The number of hydrogen-bond acceptors (Lipinski definition) is 5. The predicted octanol–water partition coefficient (Wildman–Crippen LogP) is 0.711. The molecule has 1 rings (SSSR count). The summed E-state index contributed by atoms with van der Waals surface area (Å²) in [5.74, 6) is 1.00. The molecule has 3 nitrogen and oxygen atoms in total. The fourth-order valence-electron chi connectivity index (χ4n) is 1.86. The molecule has 4 atom stereocenters. The van der Waals surface area contributed by atoms with E-state index in [1.165, 1.54) is 0 Å². The van der Waals surface area contributed by atoms with Gasteiger partial charge in [0.15, 0.2) is 6.29 Å². The summed E-state index contributed by atoms with van der Waals surface area (Å²) in [6.45, 7) is -0.0502. The molecular weight excluding hydrogens is 220 g/mol. The van der Waals surface area contributed by atoms with Gasteiger partial charge in [0, 0.05) is 5.25 Å². The van der Waals surface area contributed by atoms with Crippen LogP contribution in [0.1, 0.15) is 19.3 Å². The highest BCUT2D eigenvalue weighted by Gasteiger charge is 2.33. The van der Waals surface area contributed by atoms with Crippen LogP contribution in [0.25, 0.3) is 0 Å². The lowest BCUT2D eigenvalue weighted by atomic mass is 9.89. The molecule has 3 unspecified atom stereocenters. The molecule has 1 heterocycles. The van der Waals surface area contributed by atoms with Crippen LogP contribution in [0.2, 0.25) is 0 Å². The maximum Gasteiger partial charge on any atom is 0.155 e. The van der Waals surface area contributed by atoms with E-state index in [4.69, 9.17) is 9.84 Å². The lowest BCUT2D eigenvalue weighted by Crippen LogP contribution is -2.41. The van der Waals surface area contributed by atoms with Gasteiger partial charge < -0.3 is 14.9 Å². The zero-order valence-corrected chi connectivity index (χ0v) is 9.83. The predicted molar refractivity (Wildman–Crippen MR) is 61.9 cm³/mol. The van der Waals surface area contributed by atoms with E-state index in [1.54, 1.807) is 0 Å². The molecule has 0 spiro atoms. The van der Waals surface area contributed by atoms with Gasteiger partial charge in [-0.05, 0) is 30.9 Å². The van der Waals surface area contributed by atoms with Crippen LogP contribution in [0.3, 0.4) is 0 Å². The number of thiol groups is 2. The lowest BCUT2D eigenvalue weighted by molar-refractivity contribution is -0.192. The second kappa shape index (κ2) is 6.23. The van der Waals surface area contributed by atoms with Crippen LogP contribution in [0.15, 0.2) is 0 Å². The van der Waals surface area contributed by atoms with Crippen LogP contribution in [0, 0.1) is 5.92 Å². The fraction of sp³-hybridized carbons (Fsp3) is 1.00. The van der Waals surface area contributed by atoms with Gasteiger partial charge in [-0.3, -0.25) is 0 Å². The first-order valence-electron chi connectivity index (χ1n) is 4.92. The Labute approximate surface area is 95.7 Å². The summed E-state index contributed by atoms with van der Waals surface area (Å²) in [7, 11) is 0. The molecule has 0 aromatic carbocycles. The molecule has 5 heteroatoms. The van der Waals surface area contributed by atoms with E-state index in [2.05, 4.69) is 25.3 Å². The maximum absolute atomic E-state index is 9.27. The molecular formula is C9H18O3S2. The average Bonchev–Trinajstić information content (AvgIpc) is 2.17. The van der Waals surface area contributed by atoms with Crippen molar-refractivity contribution in [3.8, 4) is 0 Å². The first-order valence-corrected chi connectivity index (χ1v) is 6.07. The Morgan fingerprint density at radius 2 is 2.14 bits per heavy atom. The number of aliphatic hydroxyl groups excluding tert-OH is 2. The summed E-state index contributed by atoms with van der Waals surface area (Å²) in [6, 6.07) is 0. The largest absolute Gasteiger partial charge is 0.394 e. The van der Waals surface area contributed by atoms with Gasteiger partial charge in [-0.1, -0.05) is 0 Å². The monoisotopic (exact) mass is 238 g/mol. The van der Waals surface area contributed by atoms with Gasteiger partial charge in [0.2, 0.25) is 0 Å². The number of hydrogen-bond donors (Lipinski definition) is 4. The van der Waals surface area contributed by atoms with E-state index in [0.717, 1.165) is 18.6 Å². The topological polar surface area (TPSA) is 49.7 Å². The van der Waals surface area contributed by atoms with E-state index < -0.39 is 6.29 Å². The number of ether oxygens (including phenoxy) is 1. The minimum absolute atomic E-state index is 0.0502. The highest BCUT2D eigenvalue weighted by molar-refractivity contribution is 7.81. The Hall–Kier alpha value is 0.580. The van der Waals surface area contributed by atoms with Crippen molar-refractivity contribution in [2.45, 2.75) is 36.9 Å². The number of aliphatic hydroxyl groups is 2. The van der Waals surface area contributed by atoms with Crippen molar-refractivity contribution < 1.29 is 14.9 Å². The van der Waals surface area contributed by atoms with Crippen molar-refractivity contribution in [2.24, 2.45) is 5.92 Å². The van der Waals surface area contributed by atoms with E-state index >= 15 is 0 Å². The Bertz CT molecular complexity index is 168. The Balaban J connectivity index is 2.49. The molecule has 0 aromatic rings. The van der Waals surface area contributed by atoms with Crippen LogP contribution >= 0.6 is 25.3 Å². The van der Waals surface area contributed by atoms with Gasteiger partial charge in [0.05, 0.1) is 12.7 Å². The van der Waals surface area contributed by atoms with Gasteiger partial charge in [-0.2, -0.15) is 25.3 Å². The smallest absolute Gasteiger partial charge is 0.155 e. The van der Waals surface area contributed by atoms with E-state index in [0.29, 0.717) is 6.42 Å². The van der Waals surface area contributed by atoms with Gasteiger partial charge in [-0.15, -0.1) is 0 Å². The SMILES string of the molecule is OC[C@@H]1OC(O)CCC1C(S)CCS. The molecule has 1 saturated heterocycles. The van der Waals surface area contributed by atoms with Crippen LogP contribution in [-0.2, 0) is 4.74 Å². The zero-order valence-electron chi connectivity index (χ0n) is 8.04. The Morgan fingerprint density at radius 3 is 2.71 bits per heavy atom. The summed E-state index contributed by atoms with van der Waals surface area (Å²) in [6.07, 6.45) is 1.38. The van der Waals surface area contributed by atoms with Crippen molar-refractivity contribution in [3.63, 3.8) is 0 Å². The Kier molecular flexibility index (Phi) is 5.62. The summed E-state index contributed by atoms with van der Waals surface area (Å²) in [5.41, 5.74) is 0. The summed E-state index contributed by atoms with van der Waals surface area (Å²) < 4.78 is 5.25.